The lowest BCUT2D eigenvalue weighted by Crippen LogP contribution is -2.28. The molecule has 5 rings (SSSR count). The van der Waals surface area contributed by atoms with Crippen LogP contribution in [0.2, 0.25) is 0 Å². The minimum atomic E-state index is -1.40. The van der Waals surface area contributed by atoms with Crippen molar-refractivity contribution in [2.75, 3.05) is 0 Å². The highest BCUT2D eigenvalue weighted by atomic mass is 16.5. The van der Waals surface area contributed by atoms with Gasteiger partial charge >= 0.3 is 0 Å². The molecule has 1 N–H and O–H groups in total. The van der Waals surface area contributed by atoms with E-state index >= 15 is 0 Å². The lowest BCUT2D eigenvalue weighted by molar-refractivity contribution is 0.0907. The smallest absolute Gasteiger partial charge is 0.177 e. The normalized spacial score (nSPS) is 11.4. The Balaban J connectivity index is 1.24. The van der Waals surface area contributed by atoms with Gasteiger partial charge in [-0.25, -0.2) is 0 Å². The van der Waals surface area contributed by atoms with E-state index in [4.69, 9.17) is 9.26 Å². The molecule has 4 aromatic carbocycles. The fourth-order valence-electron chi connectivity index (χ4n) is 4.42. The van der Waals surface area contributed by atoms with Crippen molar-refractivity contribution in [3.8, 4) is 5.75 Å². The molecule has 4 nitrogen and oxygen atoms in total. The third kappa shape index (κ3) is 5.40. The Morgan fingerprint density at radius 1 is 0.667 bits per heavy atom. The molecule has 0 aliphatic carbocycles. The van der Waals surface area contributed by atoms with Crippen molar-refractivity contribution in [3.63, 3.8) is 0 Å². The van der Waals surface area contributed by atoms with Crippen molar-refractivity contribution in [1.82, 2.24) is 5.16 Å². The van der Waals surface area contributed by atoms with E-state index in [0.29, 0.717) is 12.4 Å². The highest BCUT2D eigenvalue weighted by Gasteiger charge is 2.37. The van der Waals surface area contributed by atoms with Crippen molar-refractivity contribution < 1.29 is 14.4 Å². The maximum atomic E-state index is 11.9. The molecule has 0 radical (unpaired) electrons. The molecule has 36 heavy (non-hydrogen) atoms. The fourth-order valence-corrected chi connectivity index (χ4v) is 4.42. The van der Waals surface area contributed by atoms with Gasteiger partial charge in [-0.05, 0) is 53.6 Å². The Bertz CT molecular complexity index is 1320. The van der Waals surface area contributed by atoms with E-state index < -0.39 is 5.60 Å². The number of nitrogens with zero attached hydrogens (tertiary/aromatic N) is 1. The molecule has 0 bridgehead atoms. The van der Waals surface area contributed by atoms with Crippen LogP contribution in [0, 0.1) is 0 Å². The minimum Gasteiger partial charge on any atom is -0.489 e. The van der Waals surface area contributed by atoms with Crippen LogP contribution in [-0.4, -0.2) is 10.3 Å². The number of hydrogen-bond donors (Lipinski definition) is 1. The lowest BCUT2D eigenvalue weighted by Gasteiger charge is -2.26. The average molecular weight is 476 g/mol. The molecule has 0 saturated heterocycles. The molecule has 4 heteroatoms. The molecule has 1 aromatic heterocycles. The van der Waals surface area contributed by atoms with Gasteiger partial charge in [0.1, 0.15) is 12.4 Å². The van der Waals surface area contributed by atoms with Crippen LogP contribution in [0.1, 0.15) is 40.1 Å². The monoisotopic (exact) mass is 475 g/mol. The maximum absolute atomic E-state index is 11.9. The second-order valence-corrected chi connectivity index (χ2v) is 8.90. The topological polar surface area (TPSA) is 55.5 Å². The van der Waals surface area contributed by atoms with E-state index in [-0.39, 0.29) is 0 Å². The van der Waals surface area contributed by atoms with Gasteiger partial charge in [0.15, 0.2) is 11.4 Å². The third-order valence-electron chi connectivity index (χ3n) is 6.34. The number of ether oxygens (including phenoxy) is 1. The van der Waals surface area contributed by atoms with Crippen LogP contribution in [0.3, 0.4) is 0 Å². The summed E-state index contributed by atoms with van der Waals surface area (Å²) in [5, 5.41) is 16.1. The SMILES string of the molecule is OC(c1ccccc1)(c1ccccc1)c1cc(CCCc2cccc(OCc3ccccc3)c2)no1. The van der Waals surface area contributed by atoms with E-state index in [1.807, 2.05) is 97.1 Å². The number of aromatic nitrogens is 1. The van der Waals surface area contributed by atoms with Crippen molar-refractivity contribution in [2.24, 2.45) is 0 Å². The van der Waals surface area contributed by atoms with Gasteiger partial charge in [-0.15, -0.1) is 0 Å². The molecule has 1 heterocycles. The Hall–Kier alpha value is -4.15. The summed E-state index contributed by atoms with van der Waals surface area (Å²) >= 11 is 0. The molecule has 180 valence electrons. The van der Waals surface area contributed by atoms with Crippen LogP contribution in [0.15, 0.2) is 126 Å². The summed E-state index contributed by atoms with van der Waals surface area (Å²) in [7, 11) is 0. The zero-order valence-corrected chi connectivity index (χ0v) is 20.1. The van der Waals surface area contributed by atoms with Crippen molar-refractivity contribution >= 4 is 0 Å². The summed E-state index contributed by atoms with van der Waals surface area (Å²) in [5.74, 6) is 1.29. The molecule has 0 atom stereocenters. The number of benzene rings is 4. The molecule has 0 aliphatic heterocycles. The third-order valence-corrected chi connectivity index (χ3v) is 6.34. The molecular weight excluding hydrogens is 446 g/mol. The highest BCUT2D eigenvalue weighted by Crippen LogP contribution is 2.37. The van der Waals surface area contributed by atoms with E-state index in [9.17, 15) is 5.11 Å². The Kier molecular flexibility index (Phi) is 7.25. The summed E-state index contributed by atoms with van der Waals surface area (Å²) in [6.07, 6.45) is 2.55. The number of aliphatic hydroxyl groups is 1. The first kappa shape index (κ1) is 23.6. The molecule has 0 fully saturated rings. The second kappa shape index (κ2) is 11.1. The van der Waals surface area contributed by atoms with E-state index in [2.05, 4.69) is 29.4 Å². The number of aryl methyl sites for hydroxylation is 2. The van der Waals surface area contributed by atoms with Gasteiger partial charge in [0, 0.05) is 6.07 Å². The van der Waals surface area contributed by atoms with Crippen LogP contribution < -0.4 is 4.74 Å². The Morgan fingerprint density at radius 2 is 1.28 bits per heavy atom. The van der Waals surface area contributed by atoms with Crippen LogP contribution in [0.4, 0.5) is 0 Å². The molecule has 0 aliphatic rings. The van der Waals surface area contributed by atoms with Crippen LogP contribution >= 0.6 is 0 Å². The molecule has 0 saturated carbocycles. The van der Waals surface area contributed by atoms with Gasteiger partial charge in [0.25, 0.3) is 0 Å². The van der Waals surface area contributed by atoms with Gasteiger partial charge in [-0.1, -0.05) is 108 Å². The molecule has 5 aromatic rings. The first-order valence-corrected chi connectivity index (χ1v) is 12.3. The van der Waals surface area contributed by atoms with E-state index in [1.54, 1.807) is 0 Å². The van der Waals surface area contributed by atoms with Gasteiger partial charge in [0.2, 0.25) is 0 Å². The van der Waals surface area contributed by atoms with Crippen LogP contribution in [0.5, 0.6) is 5.75 Å². The summed E-state index contributed by atoms with van der Waals surface area (Å²) in [4.78, 5) is 0. The quantitative estimate of drug-likeness (QED) is 0.244. The summed E-state index contributed by atoms with van der Waals surface area (Å²) in [6.45, 7) is 0.553. The predicted molar refractivity (Wildman–Crippen MR) is 141 cm³/mol. The zero-order valence-electron chi connectivity index (χ0n) is 20.1. The molecule has 0 unspecified atom stereocenters. The van der Waals surface area contributed by atoms with E-state index in [1.165, 1.54) is 5.56 Å². The number of hydrogen-bond acceptors (Lipinski definition) is 4. The van der Waals surface area contributed by atoms with Crippen molar-refractivity contribution in [3.05, 3.63) is 155 Å². The Labute approximate surface area is 211 Å². The van der Waals surface area contributed by atoms with Crippen LogP contribution in [0.25, 0.3) is 0 Å². The summed E-state index contributed by atoms with van der Waals surface area (Å²) in [5.41, 5.74) is 3.27. The lowest BCUT2D eigenvalue weighted by atomic mass is 9.84. The molecule has 0 spiro atoms. The second-order valence-electron chi connectivity index (χ2n) is 8.90. The van der Waals surface area contributed by atoms with E-state index in [0.717, 1.165) is 47.4 Å². The molecular formula is C32H29NO3. The highest BCUT2D eigenvalue weighted by molar-refractivity contribution is 5.43. The standard InChI is InChI=1S/C32H29NO3/c34-32(27-16-6-2-7-17-27,28-18-8-3-9-19-28)31-23-29(33-36-31)20-10-14-25-15-11-21-30(22-25)35-24-26-12-4-1-5-13-26/h1-9,11-13,15-19,21-23,34H,10,14,20,24H2. The fraction of sp³-hybridized carbons (Fsp3) is 0.156. The zero-order chi connectivity index (χ0) is 24.6. The largest absolute Gasteiger partial charge is 0.489 e. The summed E-state index contributed by atoms with van der Waals surface area (Å²) < 4.78 is 11.7. The number of rotatable bonds is 10. The van der Waals surface area contributed by atoms with Gasteiger partial charge in [-0.3, -0.25) is 0 Å². The maximum Gasteiger partial charge on any atom is 0.177 e. The molecule has 0 amide bonds. The van der Waals surface area contributed by atoms with Gasteiger partial charge in [0.05, 0.1) is 5.69 Å². The van der Waals surface area contributed by atoms with Crippen LogP contribution in [-0.2, 0) is 25.0 Å². The first-order valence-electron chi connectivity index (χ1n) is 12.3. The predicted octanol–water partition coefficient (Wildman–Crippen LogP) is 6.71. The van der Waals surface area contributed by atoms with Crippen molar-refractivity contribution in [1.29, 1.82) is 0 Å². The first-order chi connectivity index (χ1) is 17.7. The average Bonchev–Trinajstić information content (AvgIpc) is 3.43. The van der Waals surface area contributed by atoms with Gasteiger partial charge in [-0.2, -0.15) is 0 Å². The van der Waals surface area contributed by atoms with Gasteiger partial charge < -0.3 is 14.4 Å². The van der Waals surface area contributed by atoms with Crippen molar-refractivity contribution in [2.45, 2.75) is 31.5 Å². The minimum absolute atomic E-state index is 0.422. The summed E-state index contributed by atoms with van der Waals surface area (Å²) in [6, 6.07) is 39.4. The Morgan fingerprint density at radius 3 is 1.94 bits per heavy atom.